The van der Waals surface area contributed by atoms with Crippen LogP contribution in [-0.2, 0) is 5.54 Å². The maximum absolute atomic E-state index is 10.0. The van der Waals surface area contributed by atoms with Crippen LogP contribution in [0.3, 0.4) is 0 Å². The molecule has 0 amide bonds. The van der Waals surface area contributed by atoms with Crippen molar-refractivity contribution < 1.29 is 14.6 Å². The van der Waals surface area contributed by atoms with Gasteiger partial charge in [-0.2, -0.15) is 0 Å². The van der Waals surface area contributed by atoms with Gasteiger partial charge in [-0.05, 0) is 61.1 Å². The predicted octanol–water partition coefficient (Wildman–Crippen LogP) is 5.17. The van der Waals surface area contributed by atoms with E-state index in [0.717, 1.165) is 66.0 Å². The largest absolute Gasteiger partial charge is 0.454 e. The van der Waals surface area contributed by atoms with Gasteiger partial charge < -0.3 is 19.9 Å². The van der Waals surface area contributed by atoms with E-state index in [0.29, 0.717) is 0 Å². The molecule has 0 spiro atoms. The summed E-state index contributed by atoms with van der Waals surface area (Å²) < 4.78 is 11.1. The summed E-state index contributed by atoms with van der Waals surface area (Å²) in [7, 11) is 0. The van der Waals surface area contributed by atoms with Crippen LogP contribution < -0.4 is 14.8 Å². The molecule has 172 valence electrons. The van der Waals surface area contributed by atoms with Crippen molar-refractivity contribution in [2.24, 2.45) is 0 Å². The minimum absolute atomic E-state index is 0.0740. The third-order valence-electron chi connectivity index (χ3n) is 6.84. The molecule has 3 aliphatic rings. The number of aliphatic hydroxyl groups excluding tert-OH is 1. The fraction of sp³-hybridized carbons (Fsp3) is 0.400. The SMILES string of the molecule is OC1CCN(C(c2cccc(Cl)c2)c2cnc(NC3(c4ccc5c(c4)OCO5)CC3)s2)CC1. The molecule has 2 aliphatic heterocycles. The van der Waals surface area contributed by atoms with Crippen molar-refractivity contribution in [1.82, 2.24) is 9.88 Å². The molecule has 2 N–H and O–H groups in total. The molecule has 0 bridgehead atoms. The Morgan fingerprint density at radius 1 is 1.12 bits per heavy atom. The van der Waals surface area contributed by atoms with E-state index in [4.69, 9.17) is 26.1 Å². The minimum Gasteiger partial charge on any atom is -0.454 e. The number of ether oxygens (including phenoxy) is 2. The summed E-state index contributed by atoms with van der Waals surface area (Å²) in [6, 6.07) is 14.4. The van der Waals surface area contributed by atoms with Gasteiger partial charge in [0.15, 0.2) is 16.6 Å². The van der Waals surface area contributed by atoms with Crippen LogP contribution in [0.25, 0.3) is 0 Å². The van der Waals surface area contributed by atoms with E-state index in [-0.39, 0.29) is 24.5 Å². The molecule has 6 rings (SSSR count). The van der Waals surface area contributed by atoms with Gasteiger partial charge in [-0.1, -0.05) is 29.8 Å². The lowest BCUT2D eigenvalue weighted by Gasteiger charge is -2.36. The second-order valence-electron chi connectivity index (χ2n) is 9.07. The van der Waals surface area contributed by atoms with Crippen molar-refractivity contribution in [2.45, 2.75) is 43.4 Å². The number of likely N-dealkylation sites (tertiary alicyclic amines) is 1. The molecular weight excluding hydrogens is 458 g/mol. The third-order valence-corrected chi connectivity index (χ3v) is 8.04. The van der Waals surface area contributed by atoms with Crippen molar-refractivity contribution in [3.63, 3.8) is 0 Å². The minimum atomic E-state index is -0.212. The zero-order valence-electron chi connectivity index (χ0n) is 18.2. The molecule has 2 fully saturated rings. The molecule has 1 saturated carbocycles. The maximum Gasteiger partial charge on any atom is 0.231 e. The first kappa shape index (κ1) is 21.2. The number of benzene rings is 2. The highest BCUT2D eigenvalue weighted by Gasteiger charge is 2.45. The van der Waals surface area contributed by atoms with Gasteiger partial charge in [0.25, 0.3) is 0 Å². The molecule has 6 nitrogen and oxygen atoms in total. The van der Waals surface area contributed by atoms with Crippen LogP contribution in [0.4, 0.5) is 5.13 Å². The van der Waals surface area contributed by atoms with Crippen molar-refractivity contribution in [2.75, 3.05) is 25.2 Å². The average molecular weight is 484 g/mol. The number of nitrogens with zero attached hydrogens (tertiary/aromatic N) is 2. The van der Waals surface area contributed by atoms with Crippen LogP contribution in [0, 0.1) is 0 Å². The van der Waals surface area contributed by atoms with Crippen LogP contribution in [-0.4, -0.2) is 41.0 Å². The normalized spacial score (nSPS) is 20.5. The van der Waals surface area contributed by atoms with Gasteiger partial charge in [0.1, 0.15) is 0 Å². The van der Waals surface area contributed by atoms with Gasteiger partial charge in [-0.15, -0.1) is 11.3 Å². The summed E-state index contributed by atoms with van der Waals surface area (Å²) in [5, 5.41) is 15.4. The zero-order chi connectivity index (χ0) is 22.4. The van der Waals surface area contributed by atoms with E-state index < -0.39 is 0 Å². The van der Waals surface area contributed by atoms with Gasteiger partial charge in [0, 0.05) is 29.2 Å². The Kier molecular flexibility index (Phi) is 5.45. The fourth-order valence-electron chi connectivity index (χ4n) is 4.86. The summed E-state index contributed by atoms with van der Waals surface area (Å²) in [6.07, 6.45) is 5.46. The molecule has 3 heterocycles. The van der Waals surface area contributed by atoms with Gasteiger partial charge in [-0.25, -0.2) is 4.98 Å². The summed E-state index contributed by atoms with van der Waals surface area (Å²) in [6.45, 7) is 1.98. The molecule has 8 heteroatoms. The van der Waals surface area contributed by atoms with Crippen molar-refractivity contribution in [1.29, 1.82) is 0 Å². The fourth-order valence-corrected chi connectivity index (χ4v) is 6.13. The number of rotatable bonds is 6. The number of aromatic nitrogens is 1. The lowest BCUT2D eigenvalue weighted by atomic mass is 9.99. The number of piperidine rings is 1. The Labute approximate surface area is 202 Å². The number of hydrogen-bond donors (Lipinski definition) is 2. The van der Waals surface area contributed by atoms with Gasteiger partial charge in [0.2, 0.25) is 6.79 Å². The van der Waals surface area contributed by atoms with Gasteiger partial charge in [-0.3, -0.25) is 4.90 Å². The Morgan fingerprint density at radius 2 is 1.94 bits per heavy atom. The van der Waals surface area contributed by atoms with Crippen LogP contribution in [0.1, 0.15) is 47.7 Å². The Balaban J connectivity index is 1.27. The highest BCUT2D eigenvalue weighted by atomic mass is 35.5. The molecule has 1 atom stereocenters. The van der Waals surface area contributed by atoms with E-state index in [1.165, 1.54) is 10.4 Å². The molecule has 1 aromatic heterocycles. The summed E-state index contributed by atoms with van der Waals surface area (Å²) in [5.41, 5.74) is 2.27. The number of hydrogen-bond acceptors (Lipinski definition) is 7. The predicted molar refractivity (Wildman–Crippen MR) is 129 cm³/mol. The first-order valence-corrected chi connectivity index (χ1v) is 12.6. The number of nitrogens with one attached hydrogen (secondary N) is 1. The molecule has 1 aliphatic carbocycles. The van der Waals surface area contributed by atoms with E-state index in [9.17, 15) is 5.11 Å². The van der Waals surface area contributed by atoms with E-state index >= 15 is 0 Å². The lowest BCUT2D eigenvalue weighted by molar-refractivity contribution is 0.0694. The zero-order valence-corrected chi connectivity index (χ0v) is 19.7. The Morgan fingerprint density at radius 3 is 2.73 bits per heavy atom. The number of halogens is 1. The third kappa shape index (κ3) is 4.19. The Hall–Kier alpha value is -2.32. The van der Waals surface area contributed by atoms with Crippen molar-refractivity contribution in [3.05, 3.63) is 69.7 Å². The number of thiazole rings is 1. The van der Waals surface area contributed by atoms with Crippen LogP contribution in [0.2, 0.25) is 5.02 Å². The smallest absolute Gasteiger partial charge is 0.231 e. The second kappa shape index (κ2) is 8.47. The van der Waals surface area contributed by atoms with E-state index in [2.05, 4.69) is 28.4 Å². The summed E-state index contributed by atoms with van der Waals surface area (Å²) >= 11 is 8.04. The van der Waals surface area contributed by atoms with E-state index in [1.54, 1.807) is 11.3 Å². The molecule has 1 saturated heterocycles. The summed E-state index contributed by atoms with van der Waals surface area (Å²) in [4.78, 5) is 8.37. The first-order valence-electron chi connectivity index (χ1n) is 11.4. The second-order valence-corrected chi connectivity index (χ2v) is 10.6. The molecule has 2 aromatic carbocycles. The highest BCUT2D eigenvalue weighted by molar-refractivity contribution is 7.15. The topological polar surface area (TPSA) is 66.9 Å². The highest BCUT2D eigenvalue weighted by Crippen LogP contribution is 2.51. The molecule has 33 heavy (non-hydrogen) atoms. The maximum atomic E-state index is 10.0. The Bertz CT molecular complexity index is 1160. The number of aliphatic hydroxyl groups is 1. The lowest BCUT2D eigenvalue weighted by Crippen LogP contribution is -2.38. The van der Waals surface area contributed by atoms with Crippen molar-refractivity contribution in [3.8, 4) is 11.5 Å². The van der Waals surface area contributed by atoms with Crippen LogP contribution in [0.5, 0.6) is 11.5 Å². The molecule has 0 radical (unpaired) electrons. The first-order chi connectivity index (χ1) is 16.1. The van der Waals surface area contributed by atoms with Crippen LogP contribution in [0.15, 0.2) is 48.7 Å². The standard InChI is InChI=1S/C25H26ClN3O3S/c26-18-3-1-2-16(12-18)23(29-10-6-19(30)7-11-29)22-14-27-24(33-22)28-25(8-9-25)17-4-5-20-21(13-17)32-15-31-20/h1-5,12-14,19,23,30H,6-11,15H2,(H,27,28). The van der Waals surface area contributed by atoms with Gasteiger partial charge >= 0.3 is 0 Å². The number of fused-ring (bicyclic) bond motifs is 1. The molecule has 3 aromatic rings. The van der Waals surface area contributed by atoms with Gasteiger partial charge in [0.05, 0.1) is 17.7 Å². The van der Waals surface area contributed by atoms with Crippen molar-refractivity contribution >= 4 is 28.1 Å². The number of anilines is 1. The van der Waals surface area contributed by atoms with Crippen LogP contribution >= 0.6 is 22.9 Å². The summed E-state index contributed by atoms with van der Waals surface area (Å²) in [5.74, 6) is 1.62. The molecular formula is C25H26ClN3O3S. The molecule has 1 unspecified atom stereocenters. The average Bonchev–Trinajstić information content (AvgIpc) is 3.22. The monoisotopic (exact) mass is 483 g/mol. The van der Waals surface area contributed by atoms with E-state index in [1.807, 2.05) is 30.5 Å². The quantitative estimate of drug-likeness (QED) is 0.504.